The lowest BCUT2D eigenvalue weighted by atomic mass is 9.62. The van der Waals surface area contributed by atoms with Crippen molar-refractivity contribution < 1.29 is 24.2 Å². The number of ether oxygens (including phenoxy) is 1. The van der Waals surface area contributed by atoms with Gasteiger partial charge in [0, 0.05) is 18.6 Å². The van der Waals surface area contributed by atoms with E-state index in [9.17, 15) is 19.5 Å². The van der Waals surface area contributed by atoms with Crippen molar-refractivity contribution in [2.45, 2.75) is 97.4 Å². The molecule has 8 nitrogen and oxygen atoms in total. The fourth-order valence-corrected chi connectivity index (χ4v) is 6.92. The number of rotatable bonds is 8. The number of carbonyl (C=O) groups excluding carboxylic acids is 3. The monoisotopic (exact) mass is 465 g/mol. The number of likely N-dealkylation sites (tertiary alicyclic amines) is 1. The van der Waals surface area contributed by atoms with E-state index in [0.29, 0.717) is 13.0 Å². The van der Waals surface area contributed by atoms with E-state index in [1.807, 2.05) is 34.6 Å². The molecule has 0 aromatic heterocycles. The van der Waals surface area contributed by atoms with Crippen molar-refractivity contribution in [3.63, 3.8) is 0 Å². The third-order valence-electron chi connectivity index (χ3n) is 7.67. The van der Waals surface area contributed by atoms with Crippen LogP contribution in [-0.2, 0) is 19.1 Å². The van der Waals surface area contributed by atoms with E-state index in [1.165, 1.54) is 4.90 Å². The van der Waals surface area contributed by atoms with E-state index in [1.54, 1.807) is 0 Å². The first kappa shape index (κ1) is 25.9. The van der Waals surface area contributed by atoms with Crippen molar-refractivity contribution in [2.24, 2.45) is 23.2 Å². The maximum Gasteiger partial charge on any atom is 0.246 e. The molecule has 3 fully saturated rings. The molecule has 3 N–H and O–H groups in total. The van der Waals surface area contributed by atoms with E-state index in [-0.39, 0.29) is 42.2 Å². The van der Waals surface area contributed by atoms with Gasteiger partial charge in [0.25, 0.3) is 0 Å². The van der Waals surface area contributed by atoms with Gasteiger partial charge < -0.3 is 25.4 Å². The van der Waals surface area contributed by atoms with Crippen molar-refractivity contribution in [1.29, 1.82) is 0 Å². The lowest BCUT2D eigenvalue weighted by molar-refractivity contribution is -0.148. The van der Waals surface area contributed by atoms with Crippen molar-refractivity contribution in [3.8, 4) is 0 Å². The van der Waals surface area contributed by atoms with E-state index >= 15 is 0 Å². The molecule has 0 aromatic rings. The molecule has 188 valence electrons. The van der Waals surface area contributed by atoms with Crippen LogP contribution in [0.4, 0.5) is 0 Å². The molecule has 3 rings (SSSR count). The Kier molecular flexibility index (Phi) is 6.70. The first-order valence-corrected chi connectivity index (χ1v) is 12.3. The summed E-state index contributed by atoms with van der Waals surface area (Å²) in [6, 6.07) is -0.880. The van der Waals surface area contributed by atoms with Gasteiger partial charge in [-0.1, -0.05) is 34.6 Å². The average molecular weight is 466 g/mol. The van der Waals surface area contributed by atoms with Crippen molar-refractivity contribution in [2.75, 3.05) is 19.7 Å². The number of fused-ring (bicyclic) bond motifs is 1. The number of hydrogen-bond donors (Lipinski definition) is 3. The van der Waals surface area contributed by atoms with Gasteiger partial charge in [-0.2, -0.15) is 0 Å². The Morgan fingerprint density at radius 3 is 2.39 bits per heavy atom. The van der Waals surface area contributed by atoms with Crippen LogP contribution in [0.5, 0.6) is 0 Å². The molecule has 8 heteroatoms. The maximum absolute atomic E-state index is 13.8. The molecule has 2 bridgehead atoms. The summed E-state index contributed by atoms with van der Waals surface area (Å²) in [4.78, 5) is 42.2. The van der Waals surface area contributed by atoms with Gasteiger partial charge in [0.2, 0.25) is 17.7 Å². The molecule has 0 aliphatic carbocycles. The van der Waals surface area contributed by atoms with Gasteiger partial charge in [-0.3, -0.25) is 14.4 Å². The topological polar surface area (TPSA) is 108 Å². The summed E-state index contributed by atoms with van der Waals surface area (Å²) >= 11 is 0. The molecule has 0 saturated carbocycles. The molecule has 1 spiro atoms. The highest BCUT2D eigenvalue weighted by Crippen LogP contribution is 2.65. The van der Waals surface area contributed by atoms with E-state index < -0.39 is 34.6 Å². The number of nitrogens with one attached hydrogen (secondary N) is 2. The molecule has 3 aliphatic heterocycles. The van der Waals surface area contributed by atoms with Crippen molar-refractivity contribution in [3.05, 3.63) is 0 Å². The van der Waals surface area contributed by atoms with E-state index in [2.05, 4.69) is 31.4 Å². The summed E-state index contributed by atoms with van der Waals surface area (Å²) in [5.74, 6) is -2.13. The normalized spacial score (nSPS) is 35.7. The predicted octanol–water partition coefficient (Wildman–Crippen LogP) is 1.85. The molecule has 0 radical (unpaired) electrons. The van der Waals surface area contributed by atoms with Gasteiger partial charge in [0.15, 0.2) is 0 Å². The number of β-amino-alcohol motifs (C(OH)–C–C–N with tert-alkyl or cyclic N) is 1. The van der Waals surface area contributed by atoms with Gasteiger partial charge >= 0.3 is 0 Å². The van der Waals surface area contributed by atoms with E-state index in [4.69, 9.17) is 4.74 Å². The summed E-state index contributed by atoms with van der Waals surface area (Å²) in [5, 5.41) is 15.8. The minimum atomic E-state index is -1.07. The highest BCUT2D eigenvalue weighted by atomic mass is 16.5. The highest BCUT2D eigenvalue weighted by molar-refractivity contribution is 5.99. The number of aliphatic hydroxyl groups excluding tert-OH is 1. The van der Waals surface area contributed by atoms with Crippen LogP contribution in [0.3, 0.4) is 0 Å². The first-order valence-electron chi connectivity index (χ1n) is 12.3. The number of amides is 3. The SMILES string of the molecule is CCCNC(=O)[C@H]1[C@H]2C(=O)N(CCO)C(C(=O)NC(C)(C)CC(C)(C)C)C23CC(C)[C@]1(C)O3. The maximum atomic E-state index is 13.8. The average Bonchev–Trinajstić information content (AvgIpc) is 3.15. The molecular formula is C25H43N3O5. The van der Waals surface area contributed by atoms with Crippen molar-refractivity contribution in [1.82, 2.24) is 15.5 Å². The minimum Gasteiger partial charge on any atom is -0.395 e. The molecule has 6 atom stereocenters. The third-order valence-corrected chi connectivity index (χ3v) is 7.67. The number of carbonyl (C=O) groups is 3. The summed E-state index contributed by atoms with van der Waals surface area (Å²) in [7, 11) is 0. The molecule has 3 amide bonds. The Balaban J connectivity index is 2.00. The minimum absolute atomic E-state index is 0.000642. The Bertz CT molecular complexity index is 806. The fraction of sp³-hybridized carbons (Fsp3) is 0.880. The van der Waals surface area contributed by atoms with Crippen LogP contribution in [0.2, 0.25) is 0 Å². The van der Waals surface area contributed by atoms with Gasteiger partial charge in [-0.05, 0) is 51.4 Å². The third kappa shape index (κ3) is 4.29. The smallest absolute Gasteiger partial charge is 0.246 e. The van der Waals surface area contributed by atoms with Crippen molar-refractivity contribution >= 4 is 17.7 Å². The van der Waals surface area contributed by atoms with Gasteiger partial charge in [-0.15, -0.1) is 0 Å². The second-order valence-corrected chi connectivity index (χ2v) is 12.4. The Hall–Kier alpha value is -1.67. The summed E-state index contributed by atoms with van der Waals surface area (Å²) in [6.07, 6.45) is 2.07. The van der Waals surface area contributed by atoms with Crippen LogP contribution in [0.15, 0.2) is 0 Å². The van der Waals surface area contributed by atoms with Crippen LogP contribution >= 0.6 is 0 Å². The molecule has 3 saturated heterocycles. The molecule has 3 heterocycles. The summed E-state index contributed by atoms with van der Waals surface area (Å²) in [6.45, 7) is 16.5. The van der Waals surface area contributed by atoms with Gasteiger partial charge in [0.1, 0.15) is 11.6 Å². The molecular weight excluding hydrogens is 422 g/mol. The predicted molar refractivity (Wildman–Crippen MR) is 125 cm³/mol. The second kappa shape index (κ2) is 8.52. The Labute approximate surface area is 198 Å². The van der Waals surface area contributed by atoms with Gasteiger partial charge in [-0.25, -0.2) is 0 Å². The first-order chi connectivity index (χ1) is 15.1. The zero-order valence-corrected chi connectivity index (χ0v) is 21.6. The van der Waals surface area contributed by atoms with Crippen LogP contribution < -0.4 is 10.6 Å². The summed E-state index contributed by atoms with van der Waals surface area (Å²) in [5.41, 5.74) is -2.39. The Morgan fingerprint density at radius 2 is 1.85 bits per heavy atom. The van der Waals surface area contributed by atoms with Crippen LogP contribution in [-0.4, -0.2) is 70.2 Å². The lowest BCUT2D eigenvalue weighted by Gasteiger charge is -2.38. The van der Waals surface area contributed by atoms with Crippen LogP contribution in [0.1, 0.15) is 74.7 Å². The van der Waals surface area contributed by atoms with Crippen LogP contribution in [0, 0.1) is 23.2 Å². The zero-order chi connectivity index (χ0) is 25.0. The molecule has 33 heavy (non-hydrogen) atoms. The largest absolute Gasteiger partial charge is 0.395 e. The molecule has 3 unspecified atom stereocenters. The summed E-state index contributed by atoms with van der Waals surface area (Å²) < 4.78 is 6.63. The zero-order valence-electron chi connectivity index (χ0n) is 21.6. The molecule has 0 aromatic carbocycles. The Morgan fingerprint density at radius 1 is 1.21 bits per heavy atom. The highest BCUT2D eigenvalue weighted by Gasteiger charge is 2.79. The van der Waals surface area contributed by atoms with E-state index in [0.717, 1.165) is 12.8 Å². The number of hydrogen-bond acceptors (Lipinski definition) is 5. The number of nitrogens with zero attached hydrogens (tertiary/aromatic N) is 1. The lowest BCUT2D eigenvalue weighted by Crippen LogP contribution is -2.59. The molecule has 3 aliphatic rings. The standard InChI is InChI=1S/C25H43N3O5/c1-9-10-26-19(30)16-17-21(32)28(11-12-29)18(25(17)13-15(2)24(16,8)33-25)20(31)27-23(6,7)14-22(3,4)5/h15-18,29H,9-14H2,1-8H3,(H,26,30)(H,27,31)/t15?,16-,17+,18?,24+,25?/m1/s1. The fourth-order valence-electron chi connectivity index (χ4n) is 6.92. The van der Waals surface area contributed by atoms with Gasteiger partial charge in [0.05, 0.1) is 24.0 Å². The van der Waals surface area contributed by atoms with Crippen LogP contribution in [0.25, 0.3) is 0 Å². The second-order valence-electron chi connectivity index (χ2n) is 12.4. The number of aliphatic hydroxyl groups is 1. The quantitative estimate of drug-likeness (QED) is 0.507.